The van der Waals surface area contributed by atoms with Crippen LogP contribution in [0.25, 0.3) is 0 Å². The molecule has 0 spiro atoms. The molecule has 0 aromatic heterocycles. The second kappa shape index (κ2) is 13.6. The van der Waals surface area contributed by atoms with Crippen molar-refractivity contribution >= 4 is 27.5 Å². The first-order valence-corrected chi connectivity index (χ1v) is 15.5. The van der Waals surface area contributed by atoms with Crippen molar-refractivity contribution in [2.24, 2.45) is 0 Å². The number of amides is 2. The van der Waals surface area contributed by atoms with Crippen molar-refractivity contribution < 1.29 is 27.1 Å². The van der Waals surface area contributed by atoms with Crippen molar-refractivity contribution in [2.75, 3.05) is 24.2 Å². The quantitative estimate of drug-likeness (QED) is 0.344. The molecule has 1 saturated carbocycles. The van der Waals surface area contributed by atoms with Crippen LogP contribution in [-0.4, -0.2) is 57.1 Å². The first kappa shape index (κ1) is 30.0. The van der Waals surface area contributed by atoms with Crippen molar-refractivity contribution in [3.8, 4) is 5.75 Å². The van der Waals surface area contributed by atoms with E-state index in [0.717, 1.165) is 41.8 Å². The minimum Gasteiger partial charge on any atom is -0.497 e. The SMILES string of the molecule is COc1cccc(N(CC(=O)N(Cc2ccccc2F)C(Cc2ccccc2)C(=O)NC2CCCC2)S(C)(=O)=O)c1. The maximum Gasteiger partial charge on any atom is 0.244 e. The molecular formula is C31H36FN3O5S. The number of nitrogens with one attached hydrogen (secondary N) is 1. The molecular weight excluding hydrogens is 545 g/mol. The molecule has 0 heterocycles. The largest absolute Gasteiger partial charge is 0.497 e. The molecule has 1 atom stereocenters. The standard InChI is InChI=1S/C31H36FN3O5S/c1-40-27-17-10-16-26(20-27)35(41(2,38)39)22-30(36)34(21-24-13-6-9-18-28(24)32)29(19-23-11-4-3-5-12-23)31(37)33-25-14-7-8-15-25/h3-6,9-13,16-18,20,25,29H,7-8,14-15,19,21-22H2,1-2H3,(H,33,37). The number of hydrogen-bond acceptors (Lipinski definition) is 5. The fraction of sp³-hybridized carbons (Fsp3) is 0.355. The lowest BCUT2D eigenvalue weighted by Crippen LogP contribution is -2.54. The summed E-state index contributed by atoms with van der Waals surface area (Å²) in [6, 6.07) is 20.7. The number of hydrogen-bond donors (Lipinski definition) is 1. The number of methoxy groups -OCH3 is 1. The van der Waals surface area contributed by atoms with Crippen LogP contribution in [0.4, 0.5) is 10.1 Å². The summed E-state index contributed by atoms with van der Waals surface area (Å²) in [6.07, 6.45) is 4.91. The third-order valence-electron chi connectivity index (χ3n) is 7.29. The molecule has 4 rings (SSSR count). The first-order chi connectivity index (χ1) is 19.7. The number of nitrogens with zero attached hydrogens (tertiary/aromatic N) is 2. The van der Waals surface area contributed by atoms with Gasteiger partial charge in [0.05, 0.1) is 19.1 Å². The van der Waals surface area contributed by atoms with Crippen LogP contribution in [0, 0.1) is 5.82 Å². The molecule has 2 amide bonds. The number of halogens is 1. The maximum atomic E-state index is 14.9. The van der Waals surface area contributed by atoms with Crippen LogP contribution in [0.1, 0.15) is 36.8 Å². The Morgan fingerprint density at radius 3 is 2.34 bits per heavy atom. The van der Waals surface area contributed by atoms with Crippen LogP contribution in [-0.2, 0) is 32.6 Å². The van der Waals surface area contributed by atoms with Gasteiger partial charge < -0.3 is 15.0 Å². The van der Waals surface area contributed by atoms with Gasteiger partial charge in [0.15, 0.2) is 0 Å². The average Bonchev–Trinajstić information content (AvgIpc) is 3.47. The number of carbonyl (C=O) groups is 2. The summed E-state index contributed by atoms with van der Waals surface area (Å²) in [7, 11) is -2.46. The van der Waals surface area contributed by atoms with Crippen molar-refractivity contribution in [3.63, 3.8) is 0 Å². The lowest BCUT2D eigenvalue weighted by atomic mass is 10.0. The molecule has 0 bridgehead atoms. The van der Waals surface area contributed by atoms with Crippen molar-refractivity contribution in [1.82, 2.24) is 10.2 Å². The van der Waals surface area contributed by atoms with Crippen LogP contribution < -0.4 is 14.4 Å². The molecule has 0 saturated heterocycles. The van der Waals surface area contributed by atoms with Gasteiger partial charge in [-0.05, 0) is 36.6 Å². The summed E-state index contributed by atoms with van der Waals surface area (Å²) >= 11 is 0. The second-order valence-corrected chi connectivity index (χ2v) is 12.2. The van der Waals surface area contributed by atoms with Gasteiger partial charge in [-0.3, -0.25) is 13.9 Å². The monoisotopic (exact) mass is 581 g/mol. The zero-order valence-electron chi connectivity index (χ0n) is 23.3. The van der Waals surface area contributed by atoms with Crippen LogP contribution in [0.2, 0.25) is 0 Å². The Kier molecular flexibility index (Phi) is 9.99. The summed E-state index contributed by atoms with van der Waals surface area (Å²) in [5.41, 5.74) is 1.28. The summed E-state index contributed by atoms with van der Waals surface area (Å²) in [5, 5.41) is 3.09. The smallest absolute Gasteiger partial charge is 0.244 e. The fourth-order valence-electron chi connectivity index (χ4n) is 5.11. The predicted octanol–water partition coefficient (Wildman–Crippen LogP) is 4.30. The van der Waals surface area contributed by atoms with E-state index < -0.39 is 34.3 Å². The van der Waals surface area contributed by atoms with E-state index in [1.807, 2.05) is 30.3 Å². The van der Waals surface area contributed by atoms with Gasteiger partial charge in [0.25, 0.3) is 0 Å². The highest BCUT2D eigenvalue weighted by atomic mass is 32.2. The number of anilines is 1. The number of ether oxygens (including phenoxy) is 1. The van der Waals surface area contributed by atoms with E-state index in [0.29, 0.717) is 5.75 Å². The van der Waals surface area contributed by atoms with E-state index in [1.54, 1.807) is 36.4 Å². The van der Waals surface area contributed by atoms with Gasteiger partial charge in [-0.1, -0.05) is 67.4 Å². The number of sulfonamides is 1. The minimum atomic E-state index is -3.92. The molecule has 41 heavy (non-hydrogen) atoms. The van der Waals surface area contributed by atoms with Gasteiger partial charge in [0.2, 0.25) is 21.8 Å². The Hall–Kier alpha value is -3.92. The normalized spacial score (nSPS) is 14.3. The van der Waals surface area contributed by atoms with Crippen molar-refractivity contribution in [3.05, 3.63) is 95.8 Å². The molecule has 1 aliphatic carbocycles. The summed E-state index contributed by atoms with van der Waals surface area (Å²) in [6.45, 7) is -0.792. The van der Waals surface area contributed by atoms with Crippen LogP contribution in [0.3, 0.4) is 0 Å². The fourth-order valence-corrected chi connectivity index (χ4v) is 5.95. The van der Waals surface area contributed by atoms with E-state index in [1.165, 1.54) is 24.1 Å². The first-order valence-electron chi connectivity index (χ1n) is 13.6. The number of rotatable bonds is 12. The van der Waals surface area contributed by atoms with Crippen molar-refractivity contribution in [1.29, 1.82) is 0 Å². The molecule has 1 fully saturated rings. The minimum absolute atomic E-state index is 0.00418. The molecule has 10 heteroatoms. The Balaban J connectivity index is 1.73. The molecule has 1 N–H and O–H groups in total. The van der Waals surface area contributed by atoms with Gasteiger partial charge in [-0.2, -0.15) is 0 Å². The van der Waals surface area contributed by atoms with E-state index in [9.17, 15) is 22.4 Å². The van der Waals surface area contributed by atoms with Gasteiger partial charge in [-0.25, -0.2) is 12.8 Å². The molecule has 0 aliphatic heterocycles. The molecule has 1 aliphatic rings. The molecule has 8 nitrogen and oxygen atoms in total. The van der Waals surface area contributed by atoms with Gasteiger partial charge in [0, 0.05) is 30.6 Å². The molecule has 3 aromatic carbocycles. The molecule has 218 valence electrons. The zero-order chi connectivity index (χ0) is 29.4. The van der Waals surface area contributed by atoms with E-state index in [-0.39, 0.29) is 36.2 Å². The molecule has 0 radical (unpaired) electrons. The highest BCUT2D eigenvalue weighted by Gasteiger charge is 2.34. The lowest BCUT2D eigenvalue weighted by Gasteiger charge is -2.34. The Morgan fingerprint density at radius 2 is 1.68 bits per heavy atom. The third-order valence-corrected chi connectivity index (χ3v) is 8.43. The highest BCUT2D eigenvalue weighted by Crippen LogP contribution is 2.25. The second-order valence-electron chi connectivity index (χ2n) is 10.3. The van der Waals surface area contributed by atoms with Crippen LogP contribution in [0.15, 0.2) is 78.9 Å². The van der Waals surface area contributed by atoms with E-state index in [2.05, 4.69) is 5.32 Å². The Morgan fingerprint density at radius 1 is 1.00 bits per heavy atom. The van der Waals surface area contributed by atoms with Gasteiger partial charge >= 0.3 is 0 Å². The molecule has 1 unspecified atom stereocenters. The predicted molar refractivity (Wildman–Crippen MR) is 156 cm³/mol. The Bertz CT molecular complexity index is 1440. The topological polar surface area (TPSA) is 96.0 Å². The summed E-state index contributed by atoms with van der Waals surface area (Å²) in [5.74, 6) is -1.08. The highest BCUT2D eigenvalue weighted by molar-refractivity contribution is 7.92. The number of carbonyl (C=O) groups excluding carboxylic acids is 2. The molecule has 3 aromatic rings. The van der Waals surface area contributed by atoms with E-state index in [4.69, 9.17) is 4.74 Å². The third kappa shape index (κ3) is 8.07. The number of benzene rings is 3. The van der Waals surface area contributed by atoms with E-state index >= 15 is 0 Å². The Labute approximate surface area is 241 Å². The van der Waals surface area contributed by atoms with Crippen LogP contribution in [0.5, 0.6) is 5.75 Å². The van der Waals surface area contributed by atoms with Crippen molar-refractivity contribution in [2.45, 2.75) is 50.7 Å². The summed E-state index contributed by atoms with van der Waals surface area (Å²) < 4.78 is 46.9. The zero-order valence-corrected chi connectivity index (χ0v) is 24.1. The maximum absolute atomic E-state index is 14.9. The summed E-state index contributed by atoms with van der Waals surface area (Å²) in [4.78, 5) is 29.2. The van der Waals surface area contributed by atoms with Crippen LogP contribution >= 0.6 is 0 Å². The van der Waals surface area contributed by atoms with Gasteiger partial charge in [0.1, 0.15) is 24.2 Å². The average molecular weight is 582 g/mol. The lowest BCUT2D eigenvalue weighted by molar-refractivity contribution is -0.140. The van der Waals surface area contributed by atoms with Gasteiger partial charge in [-0.15, -0.1) is 0 Å².